The number of likely N-dealkylation sites (N-methyl/N-ethyl adjacent to an activating group) is 2. The van der Waals surface area contributed by atoms with E-state index >= 15 is 0 Å². The molecule has 0 spiro atoms. The van der Waals surface area contributed by atoms with Crippen molar-refractivity contribution >= 4 is 29.1 Å². The average Bonchev–Trinajstić information content (AvgIpc) is 2.63. The van der Waals surface area contributed by atoms with Crippen LogP contribution in [0.15, 0.2) is 48.5 Å². The van der Waals surface area contributed by atoms with E-state index in [9.17, 15) is 9.59 Å². The molecule has 0 saturated carbocycles. The van der Waals surface area contributed by atoms with Crippen LogP contribution in [-0.4, -0.2) is 37.4 Å². The summed E-state index contributed by atoms with van der Waals surface area (Å²) in [5, 5.41) is 14.7. The molecule has 134 valence electrons. The van der Waals surface area contributed by atoms with Crippen LogP contribution in [0, 0.1) is 11.3 Å². The zero-order valence-corrected chi connectivity index (χ0v) is 15.2. The minimum absolute atomic E-state index is 0.0146. The molecule has 26 heavy (non-hydrogen) atoms. The summed E-state index contributed by atoms with van der Waals surface area (Å²) in [6, 6.07) is 14.9. The molecule has 0 aromatic heterocycles. The SMILES string of the molecule is CNC(=O)[C@@H](c1ccc(Cl)cc1)N(C)CC(=O)Nc1ccc(C#N)cc1. The van der Waals surface area contributed by atoms with E-state index in [0.717, 1.165) is 5.56 Å². The number of hydrogen-bond donors (Lipinski definition) is 2. The van der Waals surface area contributed by atoms with Gasteiger partial charge >= 0.3 is 0 Å². The van der Waals surface area contributed by atoms with Gasteiger partial charge in [-0.2, -0.15) is 5.26 Å². The number of carbonyl (C=O) groups excluding carboxylic acids is 2. The van der Waals surface area contributed by atoms with Gasteiger partial charge < -0.3 is 10.6 Å². The maximum absolute atomic E-state index is 12.3. The third-order valence-corrected chi connectivity index (χ3v) is 4.06. The molecule has 0 aliphatic rings. The number of nitriles is 1. The van der Waals surface area contributed by atoms with Crippen LogP contribution in [0.5, 0.6) is 0 Å². The number of rotatable bonds is 6. The van der Waals surface area contributed by atoms with E-state index in [1.54, 1.807) is 67.5 Å². The Morgan fingerprint density at radius 1 is 1.15 bits per heavy atom. The molecule has 2 N–H and O–H groups in total. The monoisotopic (exact) mass is 370 g/mol. The molecule has 2 aromatic rings. The molecule has 2 rings (SSSR count). The zero-order chi connectivity index (χ0) is 19.1. The number of hydrogen-bond acceptors (Lipinski definition) is 4. The first-order chi connectivity index (χ1) is 12.4. The zero-order valence-electron chi connectivity index (χ0n) is 14.5. The number of amides is 2. The van der Waals surface area contributed by atoms with E-state index < -0.39 is 6.04 Å². The van der Waals surface area contributed by atoms with E-state index in [1.165, 1.54) is 0 Å². The second-order valence-electron chi connectivity index (χ2n) is 5.72. The van der Waals surface area contributed by atoms with Crippen LogP contribution in [-0.2, 0) is 9.59 Å². The van der Waals surface area contributed by atoms with Crippen LogP contribution in [0.4, 0.5) is 5.69 Å². The van der Waals surface area contributed by atoms with E-state index in [0.29, 0.717) is 16.3 Å². The van der Waals surface area contributed by atoms with Gasteiger partial charge in [0.2, 0.25) is 11.8 Å². The van der Waals surface area contributed by atoms with Crippen LogP contribution in [0.25, 0.3) is 0 Å². The van der Waals surface area contributed by atoms with Crippen molar-refractivity contribution in [2.45, 2.75) is 6.04 Å². The van der Waals surface area contributed by atoms with Gasteiger partial charge in [-0.25, -0.2) is 0 Å². The summed E-state index contributed by atoms with van der Waals surface area (Å²) < 4.78 is 0. The Balaban J connectivity index is 2.09. The lowest BCUT2D eigenvalue weighted by molar-refractivity contribution is -0.126. The molecule has 0 heterocycles. The van der Waals surface area contributed by atoms with Gasteiger partial charge in [-0.15, -0.1) is 0 Å². The maximum atomic E-state index is 12.3. The summed E-state index contributed by atoms with van der Waals surface area (Å²) in [7, 11) is 3.25. The van der Waals surface area contributed by atoms with E-state index in [-0.39, 0.29) is 18.4 Å². The molecule has 7 heteroatoms. The molecule has 2 aromatic carbocycles. The normalized spacial score (nSPS) is 11.5. The van der Waals surface area contributed by atoms with Gasteiger partial charge in [-0.05, 0) is 49.0 Å². The van der Waals surface area contributed by atoms with Gasteiger partial charge in [0, 0.05) is 17.8 Å². The van der Waals surface area contributed by atoms with Crippen LogP contribution in [0.1, 0.15) is 17.2 Å². The molecular formula is C19H19ClN4O2. The number of benzene rings is 2. The van der Waals surface area contributed by atoms with Crippen molar-refractivity contribution in [1.82, 2.24) is 10.2 Å². The van der Waals surface area contributed by atoms with Gasteiger partial charge in [-0.3, -0.25) is 14.5 Å². The van der Waals surface area contributed by atoms with Crippen molar-refractivity contribution in [2.24, 2.45) is 0 Å². The minimum atomic E-state index is -0.621. The van der Waals surface area contributed by atoms with Crippen molar-refractivity contribution in [2.75, 3.05) is 26.0 Å². The molecule has 6 nitrogen and oxygen atoms in total. The lowest BCUT2D eigenvalue weighted by atomic mass is 10.0. The number of nitrogens with zero attached hydrogens (tertiary/aromatic N) is 2. The first-order valence-electron chi connectivity index (χ1n) is 7.92. The van der Waals surface area contributed by atoms with Crippen LogP contribution < -0.4 is 10.6 Å². The van der Waals surface area contributed by atoms with Crippen molar-refractivity contribution in [3.63, 3.8) is 0 Å². The highest BCUT2D eigenvalue weighted by Gasteiger charge is 2.25. The minimum Gasteiger partial charge on any atom is -0.358 e. The lowest BCUT2D eigenvalue weighted by Crippen LogP contribution is -2.40. The fraction of sp³-hybridized carbons (Fsp3) is 0.211. The Morgan fingerprint density at radius 3 is 2.31 bits per heavy atom. The first-order valence-corrected chi connectivity index (χ1v) is 8.29. The fourth-order valence-electron chi connectivity index (χ4n) is 2.53. The smallest absolute Gasteiger partial charge is 0.241 e. The summed E-state index contributed by atoms with van der Waals surface area (Å²) in [5.74, 6) is -0.485. The van der Waals surface area contributed by atoms with Crippen LogP contribution in [0.2, 0.25) is 5.02 Å². The van der Waals surface area contributed by atoms with E-state index in [4.69, 9.17) is 16.9 Å². The third kappa shape index (κ3) is 5.06. The Morgan fingerprint density at radius 2 is 1.77 bits per heavy atom. The second-order valence-corrected chi connectivity index (χ2v) is 6.16. The molecule has 0 radical (unpaired) electrons. The summed E-state index contributed by atoms with van der Waals surface area (Å²) in [6.45, 7) is 0.0146. The third-order valence-electron chi connectivity index (χ3n) is 3.81. The van der Waals surface area contributed by atoms with Crippen molar-refractivity contribution in [3.8, 4) is 6.07 Å². The Kier molecular flexibility index (Phi) is 6.73. The highest BCUT2D eigenvalue weighted by molar-refractivity contribution is 6.30. The summed E-state index contributed by atoms with van der Waals surface area (Å²) in [6.07, 6.45) is 0. The highest BCUT2D eigenvalue weighted by atomic mass is 35.5. The van der Waals surface area contributed by atoms with Crippen molar-refractivity contribution < 1.29 is 9.59 Å². The van der Waals surface area contributed by atoms with Crippen LogP contribution >= 0.6 is 11.6 Å². The topological polar surface area (TPSA) is 85.2 Å². The quantitative estimate of drug-likeness (QED) is 0.818. The van der Waals surface area contributed by atoms with Gasteiger partial charge in [0.15, 0.2) is 0 Å². The molecule has 0 saturated heterocycles. The van der Waals surface area contributed by atoms with Crippen molar-refractivity contribution in [1.29, 1.82) is 5.26 Å². The van der Waals surface area contributed by atoms with Crippen molar-refractivity contribution in [3.05, 3.63) is 64.7 Å². The number of anilines is 1. The van der Waals surface area contributed by atoms with Gasteiger partial charge in [-0.1, -0.05) is 23.7 Å². The summed E-state index contributed by atoms with van der Waals surface area (Å²) >= 11 is 5.91. The summed E-state index contributed by atoms with van der Waals surface area (Å²) in [5.41, 5.74) is 1.84. The van der Waals surface area contributed by atoms with Crippen LogP contribution in [0.3, 0.4) is 0 Å². The Hall–Kier alpha value is -2.88. The maximum Gasteiger partial charge on any atom is 0.241 e. The van der Waals surface area contributed by atoms with Gasteiger partial charge in [0.05, 0.1) is 18.2 Å². The van der Waals surface area contributed by atoms with Gasteiger partial charge in [0.25, 0.3) is 0 Å². The molecule has 0 aliphatic heterocycles. The number of carbonyl (C=O) groups is 2. The molecular weight excluding hydrogens is 352 g/mol. The molecule has 1 atom stereocenters. The standard InChI is InChI=1S/C19H19ClN4O2/c1-22-19(26)18(14-5-7-15(20)8-6-14)24(2)12-17(25)23-16-9-3-13(11-21)4-10-16/h3-10,18H,12H2,1-2H3,(H,22,26)(H,23,25)/t18-/m1/s1. The Labute approximate surface area is 157 Å². The predicted molar refractivity (Wildman–Crippen MR) is 101 cm³/mol. The number of nitrogens with one attached hydrogen (secondary N) is 2. The lowest BCUT2D eigenvalue weighted by Gasteiger charge is -2.26. The Bertz CT molecular complexity index is 813. The molecule has 0 aliphatic carbocycles. The average molecular weight is 371 g/mol. The molecule has 0 fully saturated rings. The fourth-order valence-corrected chi connectivity index (χ4v) is 2.66. The largest absolute Gasteiger partial charge is 0.358 e. The number of halogens is 1. The molecule has 0 bridgehead atoms. The molecule has 0 unspecified atom stereocenters. The first kappa shape index (κ1) is 19.4. The summed E-state index contributed by atoms with van der Waals surface area (Å²) in [4.78, 5) is 26.3. The highest BCUT2D eigenvalue weighted by Crippen LogP contribution is 2.22. The van der Waals surface area contributed by atoms with E-state index in [2.05, 4.69) is 10.6 Å². The van der Waals surface area contributed by atoms with E-state index in [1.807, 2.05) is 6.07 Å². The van der Waals surface area contributed by atoms with Gasteiger partial charge in [0.1, 0.15) is 6.04 Å². The molecule has 2 amide bonds. The predicted octanol–water partition coefficient (Wildman–Crippen LogP) is 2.57. The second kappa shape index (κ2) is 8.99.